The average molecular weight is 205 g/mol. The van der Waals surface area contributed by atoms with Crippen LogP contribution in [-0.4, -0.2) is 16.0 Å². The molecule has 1 fully saturated rings. The van der Waals surface area contributed by atoms with Crippen molar-refractivity contribution in [3.05, 3.63) is 23.8 Å². The lowest BCUT2D eigenvalue weighted by atomic mass is 10.1. The minimum absolute atomic E-state index is 0.239. The van der Waals surface area contributed by atoms with Crippen LogP contribution in [0.1, 0.15) is 37.6 Å². The van der Waals surface area contributed by atoms with Crippen LogP contribution in [0.3, 0.4) is 0 Å². The molecule has 2 N–H and O–H groups in total. The molecule has 2 rings (SSSR count). The molecule has 0 spiro atoms. The van der Waals surface area contributed by atoms with Crippen LogP contribution in [0.2, 0.25) is 0 Å². The lowest BCUT2D eigenvalue weighted by Crippen LogP contribution is -2.21. The molecule has 0 aromatic carbocycles. The van der Waals surface area contributed by atoms with Crippen molar-refractivity contribution < 1.29 is 0 Å². The summed E-state index contributed by atoms with van der Waals surface area (Å²) >= 11 is 0. The Hall–Kier alpha value is -0.960. The third kappa shape index (κ3) is 3.27. The van der Waals surface area contributed by atoms with Gasteiger partial charge in [0.25, 0.3) is 0 Å². The van der Waals surface area contributed by atoms with E-state index < -0.39 is 0 Å². The number of hydrogen-bond acceptors (Lipinski definition) is 3. The van der Waals surface area contributed by atoms with Gasteiger partial charge in [-0.15, -0.1) is 0 Å². The third-order valence-electron chi connectivity index (χ3n) is 2.95. The maximum absolute atomic E-state index is 5.88. The van der Waals surface area contributed by atoms with Gasteiger partial charge in [-0.3, -0.25) is 0 Å². The van der Waals surface area contributed by atoms with Crippen LogP contribution in [0.5, 0.6) is 0 Å². The standard InChI is InChI=1S/C12H19N3/c1-2-11(13)5-10-7-14-12(15-8-10)6-9-3-4-9/h7-9,11H,2-6,13H2,1H3. The van der Waals surface area contributed by atoms with Crippen molar-refractivity contribution in [2.75, 3.05) is 0 Å². The van der Waals surface area contributed by atoms with Gasteiger partial charge in [0, 0.05) is 24.9 Å². The van der Waals surface area contributed by atoms with Gasteiger partial charge in [-0.25, -0.2) is 9.97 Å². The molecule has 82 valence electrons. The van der Waals surface area contributed by atoms with E-state index in [-0.39, 0.29) is 6.04 Å². The number of hydrogen-bond donors (Lipinski definition) is 1. The van der Waals surface area contributed by atoms with E-state index in [2.05, 4.69) is 16.9 Å². The fourth-order valence-corrected chi connectivity index (χ4v) is 1.62. The monoisotopic (exact) mass is 205 g/mol. The molecule has 0 radical (unpaired) electrons. The van der Waals surface area contributed by atoms with E-state index >= 15 is 0 Å². The molecule has 1 aliphatic carbocycles. The maximum Gasteiger partial charge on any atom is 0.128 e. The van der Waals surface area contributed by atoms with Crippen molar-refractivity contribution in [1.29, 1.82) is 0 Å². The SMILES string of the molecule is CCC(N)Cc1cnc(CC2CC2)nc1. The first kappa shape index (κ1) is 10.6. The number of rotatable bonds is 5. The van der Waals surface area contributed by atoms with Gasteiger partial charge in [-0.1, -0.05) is 6.92 Å². The van der Waals surface area contributed by atoms with Gasteiger partial charge in [0.2, 0.25) is 0 Å². The van der Waals surface area contributed by atoms with Crippen LogP contribution in [0, 0.1) is 5.92 Å². The van der Waals surface area contributed by atoms with Crippen molar-refractivity contribution in [2.24, 2.45) is 11.7 Å². The fourth-order valence-electron chi connectivity index (χ4n) is 1.62. The molecule has 1 unspecified atom stereocenters. The third-order valence-corrected chi connectivity index (χ3v) is 2.95. The molecule has 3 nitrogen and oxygen atoms in total. The van der Waals surface area contributed by atoms with Gasteiger partial charge in [0.1, 0.15) is 5.82 Å². The van der Waals surface area contributed by atoms with Gasteiger partial charge in [0.05, 0.1) is 0 Å². The summed E-state index contributed by atoms with van der Waals surface area (Å²) < 4.78 is 0. The summed E-state index contributed by atoms with van der Waals surface area (Å²) in [5.41, 5.74) is 7.03. The molecule has 1 aliphatic rings. The van der Waals surface area contributed by atoms with Crippen molar-refractivity contribution in [1.82, 2.24) is 9.97 Å². The Labute approximate surface area is 91.1 Å². The summed E-state index contributed by atoms with van der Waals surface area (Å²) in [5.74, 6) is 1.85. The quantitative estimate of drug-likeness (QED) is 0.796. The first-order valence-corrected chi connectivity index (χ1v) is 5.83. The second kappa shape index (κ2) is 4.71. The van der Waals surface area contributed by atoms with Gasteiger partial charge in [0.15, 0.2) is 0 Å². The van der Waals surface area contributed by atoms with Crippen LogP contribution < -0.4 is 5.73 Å². The average Bonchev–Trinajstić information content (AvgIpc) is 3.05. The van der Waals surface area contributed by atoms with Crippen molar-refractivity contribution in [3.63, 3.8) is 0 Å². The molecule has 1 aromatic heterocycles. The number of nitrogens with two attached hydrogens (primary N) is 1. The first-order chi connectivity index (χ1) is 7.28. The van der Waals surface area contributed by atoms with Gasteiger partial charge in [-0.2, -0.15) is 0 Å². The zero-order valence-corrected chi connectivity index (χ0v) is 9.32. The van der Waals surface area contributed by atoms with Gasteiger partial charge < -0.3 is 5.73 Å². The molecule has 15 heavy (non-hydrogen) atoms. The molecule has 0 aliphatic heterocycles. The Balaban J connectivity index is 1.90. The van der Waals surface area contributed by atoms with Gasteiger partial charge in [-0.05, 0) is 37.2 Å². The van der Waals surface area contributed by atoms with Crippen molar-refractivity contribution in [2.45, 2.75) is 45.1 Å². The topological polar surface area (TPSA) is 51.8 Å². The molecular formula is C12H19N3. The Morgan fingerprint density at radius 2 is 2.07 bits per heavy atom. The van der Waals surface area contributed by atoms with Crippen LogP contribution >= 0.6 is 0 Å². The van der Waals surface area contributed by atoms with E-state index in [1.165, 1.54) is 12.8 Å². The molecule has 1 atom stereocenters. The predicted octanol–water partition coefficient (Wildman–Crippen LogP) is 1.71. The predicted molar refractivity (Wildman–Crippen MR) is 60.4 cm³/mol. The molecule has 0 amide bonds. The summed E-state index contributed by atoms with van der Waals surface area (Å²) in [5, 5.41) is 0. The Morgan fingerprint density at radius 1 is 1.40 bits per heavy atom. The largest absolute Gasteiger partial charge is 0.327 e. The minimum Gasteiger partial charge on any atom is -0.327 e. The molecular weight excluding hydrogens is 186 g/mol. The summed E-state index contributed by atoms with van der Waals surface area (Å²) in [6.07, 6.45) is 9.52. The summed E-state index contributed by atoms with van der Waals surface area (Å²) in [6, 6.07) is 0.239. The normalized spacial score (nSPS) is 17.7. The molecule has 1 aromatic rings. The highest BCUT2D eigenvalue weighted by Gasteiger charge is 2.22. The van der Waals surface area contributed by atoms with Crippen LogP contribution in [-0.2, 0) is 12.8 Å². The molecule has 1 heterocycles. The second-order valence-corrected chi connectivity index (χ2v) is 4.53. The highest BCUT2D eigenvalue weighted by molar-refractivity contribution is 5.07. The van der Waals surface area contributed by atoms with Crippen molar-refractivity contribution in [3.8, 4) is 0 Å². The highest BCUT2D eigenvalue weighted by atomic mass is 14.9. The first-order valence-electron chi connectivity index (χ1n) is 5.83. The molecule has 1 saturated carbocycles. The zero-order chi connectivity index (χ0) is 10.7. The maximum atomic E-state index is 5.88. The van der Waals surface area contributed by atoms with Crippen molar-refractivity contribution >= 4 is 0 Å². The minimum atomic E-state index is 0.239. The zero-order valence-electron chi connectivity index (χ0n) is 9.32. The summed E-state index contributed by atoms with van der Waals surface area (Å²) in [7, 11) is 0. The lowest BCUT2D eigenvalue weighted by molar-refractivity contribution is 0.641. The van der Waals surface area contributed by atoms with Crippen LogP contribution in [0.15, 0.2) is 12.4 Å². The Morgan fingerprint density at radius 3 is 2.60 bits per heavy atom. The Kier molecular flexibility index (Phi) is 3.31. The second-order valence-electron chi connectivity index (χ2n) is 4.53. The van der Waals surface area contributed by atoms with E-state index in [1.807, 2.05) is 12.4 Å². The van der Waals surface area contributed by atoms with E-state index in [9.17, 15) is 0 Å². The molecule has 3 heteroatoms. The van der Waals surface area contributed by atoms with E-state index in [0.717, 1.165) is 36.6 Å². The summed E-state index contributed by atoms with van der Waals surface area (Å²) in [6.45, 7) is 2.10. The Bertz CT molecular complexity index is 303. The van der Waals surface area contributed by atoms with E-state index in [4.69, 9.17) is 5.73 Å². The molecule has 0 saturated heterocycles. The van der Waals surface area contributed by atoms with Crippen LogP contribution in [0.4, 0.5) is 0 Å². The summed E-state index contributed by atoms with van der Waals surface area (Å²) in [4.78, 5) is 8.76. The number of aromatic nitrogens is 2. The number of nitrogens with zero attached hydrogens (tertiary/aromatic N) is 2. The smallest absolute Gasteiger partial charge is 0.128 e. The van der Waals surface area contributed by atoms with Gasteiger partial charge >= 0.3 is 0 Å². The van der Waals surface area contributed by atoms with E-state index in [0.29, 0.717) is 0 Å². The molecule has 0 bridgehead atoms. The lowest BCUT2D eigenvalue weighted by Gasteiger charge is -2.07. The fraction of sp³-hybridized carbons (Fsp3) is 0.667. The highest BCUT2D eigenvalue weighted by Crippen LogP contribution is 2.31. The van der Waals surface area contributed by atoms with E-state index in [1.54, 1.807) is 0 Å². The van der Waals surface area contributed by atoms with Crippen LogP contribution in [0.25, 0.3) is 0 Å².